The molecule has 118 valence electrons. The van der Waals surface area contributed by atoms with Crippen molar-refractivity contribution in [2.24, 2.45) is 0 Å². The number of anilines is 2. The first-order valence-electron chi connectivity index (χ1n) is 8.23. The third-order valence-electron chi connectivity index (χ3n) is 5.04. The van der Waals surface area contributed by atoms with Gasteiger partial charge in [0, 0.05) is 28.3 Å². The zero-order valence-electron chi connectivity index (χ0n) is 13.1. The first-order chi connectivity index (χ1) is 11.8. The first kappa shape index (κ1) is 14.1. The topological polar surface area (TPSA) is 23.5 Å². The molecule has 3 aromatic carbocycles. The van der Waals surface area contributed by atoms with E-state index >= 15 is 0 Å². The molecular formula is C21H17NOS. The predicted molar refractivity (Wildman–Crippen MR) is 98.1 cm³/mol. The highest BCUT2D eigenvalue weighted by molar-refractivity contribution is 7.99. The van der Waals surface area contributed by atoms with Crippen LogP contribution in [0.5, 0.6) is 0 Å². The van der Waals surface area contributed by atoms with Gasteiger partial charge >= 0.3 is 0 Å². The molecule has 0 aliphatic carbocycles. The van der Waals surface area contributed by atoms with E-state index in [1.165, 1.54) is 21.2 Å². The molecule has 0 saturated carbocycles. The number of benzene rings is 3. The molecule has 1 unspecified atom stereocenters. The number of aliphatic hydroxyl groups is 1. The molecule has 0 radical (unpaired) electrons. The Labute approximate surface area is 145 Å². The number of hydrogen-bond acceptors (Lipinski definition) is 3. The van der Waals surface area contributed by atoms with E-state index in [4.69, 9.17) is 0 Å². The molecule has 2 heterocycles. The Morgan fingerprint density at radius 1 is 0.833 bits per heavy atom. The lowest BCUT2D eigenvalue weighted by Crippen LogP contribution is -2.40. The average Bonchev–Trinajstić information content (AvgIpc) is 2.65. The molecule has 0 fully saturated rings. The Balaban J connectivity index is 1.74. The standard InChI is InChI=1S/C21H17NOS/c23-21(15-7-2-1-3-8-15)13-14-22-17-10-4-5-11-18(17)24-19-12-6-9-16(21)20(19)22/h1-12,23H,13-14H2. The fraction of sp³-hybridized carbons (Fsp3) is 0.143. The molecule has 3 aromatic rings. The molecule has 0 saturated heterocycles. The van der Waals surface area contributed by atoms with Crippen molar-refractivity contribution in [2.75, 3.05) is 11.4 Å². The smallest absolute Gasteiger partial charge is 0.118 e. The zero-order valence-corrected chi connectivity index (χ0v) is 14.0. The van der Waals surface area contributed by atoms with Crippen LogP contribution in [-0.4, -0.2) is 11.7 Å². The molecule has 2 aliphatic rings. The summed E-state index contributed by atoms with van der Waals surface area (Å²) in [6.07, 6.45) is 0.687. The molecule has 3 heteroatoms. The van der Waals surface area contributed by atoms with Gasteiger partial charge in [-0.1, -0.05) is 66.4 Å². The normalized spacial score (nSPS) is 21.1. The Hall–Kier alpha value is -2.23. The van der Waals surface area contributed by atoms with Crippen LogP contribution in [0.15, 0.2) is 82.6 Å². The average molecular weight is 331 g/mol. The molecule has 1 N–H and O–H groups in total. The Morgan fingerprint density at radius 2 is 1.58 bits per heavy atom. The van der Waals surface area contributed by atoms with Crippen molar-refractivity contribution >= 4 is 23.1 Å². The van der Waals surface area contributed by atoms with Gasteiger partial charge in [0.05, 0.1) is 11.4 Å². The Morgan fingerprint density at radius 3 is 2.46 bits per heavy atom. The van der Waals surface area contributed by atoms with Gasteiger partial charge in [-0.2, -0.15) is 0 Å². The lowest BCUT2D eigenvalue weighted by atomic mass is 9.79. The van der Waals surface area contributed by atoms with E-state index in [9.17, 15) is 5.11 Å². The second kappa shape index (κ2) is 5.13. The van der Waals surface area contributed by atoms with Gasteiger partial charge in [0.1, 0.15) is 5.60 Å². The van der Waals surface area contributed by atoms with Gasteiger partial charge in [0.2, 0.25) is 0 Å². The highest BCUT2D eigenvalue weighted by Gasteiger charge is 2.41. The molecule has 0 bridgehead atoms. The fourth-order valence-corrected chi connectivity index (χ4v) is 5.01. The lowest BCUT2D eigenvalue weighted by molar-refractivity contribution is 0.0694. The zero-order chi connectivity index (χ0) is 16.1. The third kappa shape index (κ3) is 1.89. The minimum absolute atomic E-state index is 0.687. The van der Waals surface area contributed by atoms with Crippen molar-refractivity contribution in [2.45, 2.75) is 21.8 Å². The van der Waals surface area contributed by atoms with Gasteiger partial charge < -0.3 is 10.0 Å². The molecule has 2 aliphatic heterocycles. The number of rotatable bonds is 1. The summed E-state index contributed by atoms with van der Waals surface area (Å²) in [6, 6.07) is 24.9. The molecule has 2 nitrogen and oxygen atoms in total. The van der Waals surface area contributed by atoms with Crippen LogP contribution in [0.2, 0.25) is 0 Å². The molecule has 5 rings (SSSR count). The summed E-state index contributed by atoms with van der Waals surface area (Å²) in [5.41, 5.74) is 3.48. The van der Waals surface area contributed by atoms with E-state index in [-0.39, 0.29) is 0 Å². The minimum Gasteiger partial charge on any atom is -0.380 e. The third-order valence-corrected chi connectivity index (χ3v) is 6.15. The molecule has 1 atom stereocenters. The van der Waals surface area contributed by atoms with Gasteiger partial charge in [-0.25, -0.2) is 0 Å². The number of hydrogen-bond donors (Lipinski definition) is 1. The quantitative estimate of drug-likeness (QED) is 0.684. The maximum atomic E-state index is 11.6. The van der Waals surface area contributed by atoms with Gasteiger partial charge in [0.15, 0.2) is 0 Å². The maximum Gasteiger partial charge on any atom is 0.118 e. The van der Waals surface area contributed by atoms with Crippen LogP contribution in [0.1, 0.15) is 17.5 Å². The summed E-state index contributed by atoms with van der Waals surface area (Å²) in [5.74, 6) is 0. The van der Waals surface area contributed by atoms with Crippen molar-refractivity contribution in [1.82, 2.24) is 0 Å². The summed E-state index contributed by atoms with van der Waals surface area (Å²) in [7, 11) is 0. The van der Waals surface area contributed by atoms with Crippen LogP contribution < -0.4 is 4.90 Å². The maximum absolute atomic E-state index is 11.6. The van der Waals surface area contributed by atoms with E-state index in [2.05, 4.69) is 47.4 Å². The second-order valence-electron chi connectivity index (χ2n) is 6.35. The lowest BCUT2D eigenvalue weighted by Gasteiger charge is -2.44. The number of para-hydroxylation sites is 2. The molecule has 0 aromatic heterocycles. The van der Waals surface area contributed by atoms with Gasteiger partial charge in [0.25, 0.3) is 0 Å². The molecule has 24 heavy (non-hydrogen) atoms. The van der Waals surface area contributed by atoms with E-state index < -0.39 is 5.60 Å². The van der Waals surface area contributed by atoms with E-state index in [0.29, 0.717) is 6.42 Å². The monoisotopic (exact) mass is 331 g/mol. The van der Waals surface area contributed by atoms with Gasteiger partial charge in [-0.05, 0) is 23.8 Å². The van der Waals surface area contributed by atoms with Crippen molar-refractivity contribution < 1.29 is 5.11 Å². The minimum atomic E-state index is -0.921. The van der Waals surface area contributed by atoms with Crippen LogP contribution in [0.3, 0.4) is 0 Å². The second-order valence-corrected chi connectivity index (χ2v) is 7.43. The number of nitrogens with zero attached hydrogens (tertiary/aromatic N) is 1. The van der Waals surface area contributed by atoms with E-state index in [1.807, 2.05) is 30.3 Å². The summed E-state index contributed by atoms with van der Waals surface area (Å²) in [4.78, 5) is 4.88. The Kier molecular flexibility index (Phi) is 3.02. The van der Waals surface area contributed by atoms with Crippen molar-refractivity contribution in [3.8, 4) is 0 Å². The van der Waals surface area contributed by atoms with Crippen LogP contribution >= 0.6 is 11.8 Å². The summed E-state index contributed by atoms with van der Waals surface area (Å²) >= 11 is 1.79. The summed E-state index contributed by atoms with van der Waals surface area (Å²) in [5, 5.41) is 11.6. The van der Waals surface area contributed by atoms with Crippen molar-refractivity contribution in [3.05, 3.63) is 83.9 Å². The largest absolute Gasteiger partial charge is 0.380 e. The fourth-order valence-electron chi connectivity index (χ4n) is 3.88. The predicted octanol–water partition coefficient (Wildman–Crippen LogP) is 4.93. The van der Waals surface area contributed by atoms with Crippen LogP contribution in [0, 0.1) is 0 Å². The van der Waals surface area contributed by atoms with E-state index in [0.717, 1.165) is 17.7 Å². The van der Waals surface area contributed by atoms with Crippen molar-refractivity contribution in [3.63, 3.8) is 0 Å². The van der Waals surface area contributed by atoms with E-state index in [1.54, 1.807) is 11.8 Å². The molecule has 0 amide bonds. The first-order valence-corrected chi connectivity index (χ1v) is 9.05. The highest BCUT2D eigenvalue weighted by Crippen LogP contribution is 2.55. The van der Waals surface area contributed by atoms with Crippen molar-refractivity contribution in [1.29, 1.82) is 0 Å². The van der Waals surface area contributed by atoms with Crippen LogP contribution in [-0.2, 0) is 5.60 Å². The van der Waals surface area contributed by atoms with Gasteiger partial charge in [-0.15, -0.1) is 0 Å². The molecule has 0 spiro atoms. The highest BCUT2D eigenvalue weighted by atomic mass is 32.2. The summed E-state index contributed by atoms with van der Waals surface area (Å²) in [6.45, 7) is 0.812. The summed E-state index contributed by atoms with van der Waals surface area (Å²) < 4.78 is 0. The SMILES string of the molecule is OC1(c2ccccc2)CCN2c3ccccc3Sc3cccc1c32. The van der Waals surface area contributed by atoms with Crippen LogP contribution in [0.4, 0.5) is 11.4 Å². The number of fused-ring (bicyclic) bond motifs is 2. The van der Waals surface area contributed by atoms with Crippen LogP contribution in [0.25, 0.3) is 0 Å². The van der Waals surface area contributed by atoms with Gasteiger partial charge in [-0.3, -0.25) is 0 Å². The molecular weight excluding hydrogens is 314 g/mol. The Bertz CT molecular complexity index is 924.